The van der Waals surface area contributed by atoms with E-state index in [1.54, 1.807) is 0 Å². The fraction of sp³-hybridized carbons (Fsp3) is 0.273. The average molecular weight is 160 g/mol. The van der Waals surface area contributed by atoms with Gasteiger partial charge in [-0.3, -0.25) is 0 Å². The van der Waals surface area contributed by atoms with Crippen molar-refractivity contribution in [3.05, 3.63) is 41.7 Å². The molecule has 0 radical (unpaired) electrons. The molecule has 0 unspecified atom stereocenters. The van der Waals surface area contributed by atoms with Crippen LogP contribution in [0.5, 0.6) is 5.75 Å². The van der Waals surface area contributed by atoms with E-state index in [1.807, 2.05) is 25.1 Å². The molecule has 0 N–H and O–H groups in total. The third-order valence-electron chi connectivity index (χ3n) is 2.18. The Kier molecular flexibility index (Phi) is 1.86. The molecule has 12 heavy (non-hydrogen) atoms. The van der Waals surface area contributed by atoms with Crippen molar-refractivity contribution in [1.82, 2.24) is 0 Å². The molecule has 0 fully saturated rings. The lowest BCUT2D eigenvalue weighted by atomic mass is 10.1. The molecule has 0 aromatic heterocycles. The summed E-state index contributed by atoms with van der Waals surface area (Å²) in [7, 11) is 0. The molecule has 0 aliphatic carbocycles. The number of fused-ring (bicyclic) bond motifs is 1. The largest absolute Gasteiger partial charge is 0.462 e. The van der Waals surface area contributed by atoms with Crippen molar-refractivity contribution in [1.29, 1.82) is 0 Å². The molecule has 0 saturated heterocycles. The van der Waals surface area contributed by atoms with Crippen LogP contribution in [0.4, 0.5) is 0 Å². The predicted molar refractivity (Wildman–Crippen MR) is 49.1 cm³/mol. The summed E-state index contributed by atoms with van der Waals surface area (Å²) in [5.41, 5.74) is 1.32. The number of rotatable bonds is 0. The zero-order valence-corrected chi connectivity index (χ0v) is 7.21. The number of benzene rings is 1. The average Bonchev–Trinajstić information content (AvgIpc) is 2.17. The van der Waals surface area contributed by atoms with Crippen molar-refractivity contribution >= 4 is 0 Å². The summed E-state index contributed by atoms with van der Waals surface area (Å²) in [4.78, 5) is 0. The maximum atomic E-state index is 5.64. The van der Waals surface area contributed by atoms with Crippen LogP contribution in [0, 0.1) is 0 Å². The van der Waals surface area contributed by atoms with Crippen molar-refractivity contribution in [3.63, 3.8) is 0 Å². The SMILES string of the molecule is C/C=C1/CCc2ccccc2O1. The number of hydrogen-bond acceptors (Lipinski definition) is 1. The maximum Gasteiger partial charge on any atom is 0.130 e. The third kappa shape index (κ3) is 1.22. The molecule has 0 spiro atoms. The first-order valence-corrected chi connectivity index (χ1v) is 4.31. The van der Waals surface area contributed by atoms with Gasteiger partial charge in [-0.05, 0) is 31.1 Å². The maximum absolute atomic E-state index is 5.64. The summed E-state index contributed by atoms with van der Waals surface area (Å²) < 4.78 is 5.64. The molecule has 0 atom stereocenters. The quantitative estimate of drug-likeness (QED) is 0.567. The Morgan fingerprint density at radius 2 is 2.08 bits per heavy atom. The van der Waals surface area contributed by atoms with Crippen LogP contribution in [0.3, 0.4) is 0 Å². The molecule has 0 bridgehead atoms. The van der Waals surface area contributed by atoms with Crippen molar-refractivity contribution in [2.75, 3.05) is 0 Å². The smallest absolute Gasteiger partial charge is 0.130 e. The molecule has 62 valence electrons. The van der Waals surface area contributed by atoms with Crippen LogP contribution in [0.15, 0.2) is 36.1 Å². The van der Waals surface area contributed by atoms with Gasteiger partial charge in [0.05, 0.1) is 0 Å². The van der Waals surface area contributed by atoms with E-state index in [0.29, 0.717) is 0 Å². The number of aryl methyl sites for hydroxylation is 1. The summed E-state index contributed by atoms with van der Waals surface area (Å²) in [6, 6.07) is 8.22. The van der Waals surface area contributed by atoms with Gasteiger partial charge in [0, 0.05) is 6.42 Å². The van der Waals surface area contributed by atoms with Crippen LogP contribution in [0.25, 0.3) is 0 Å². The van der Waals surface area contributed by atoms with Gasteiger partial charge < -0.3 is 4.74 Å². The molecule has 1 aromatic rings. The highest BCUT2D eigenvalue weighted by Gasteiger charge is 2.11. The Balaban J connectivity index is 2.35. The molecule has 1 aliphatic rings. The molecule has 1 heteroatoms. The molecule has 1 heterocycles. The van der Waals surface area contributed by atoms with E-state index in [2.05, 4.69) is 12.1 Å². The minimum atomic E-state index is 1.02. The first-order valence-electron chi connectivity index (χ1n) is 4.31. The molecular weight excluding hydrogens is 148 g/mol. The van der Waals surface area contributed by atoms with Crippen molar-refractivity contribution in [2.24, 2.45) is 0 Å². The van der Waals surface area contributed by atoms with E-state index in [0.717, 1.165) is 24.4 Å². The Morgan fingerprint density at radius 3 is 2.92 bits per heavy atom. The topological polar surface area (TPSA) is 9.23 Å². The second-order valence-corrected chi connectivity index (χ2v) is 2.96. The monoisotopic (exact) mass is 160 g/mol. The van der Waals surface area contributed by atoms with Crippen LogP contribution < -0.4 is 4.74 Å². The van der Waals surface area contributed by atoms with Crippen molar-refractivity contribution < 1.29 is 4.74 Å². The highest BCUT2D eigenvalue weighted by atomic mass is 16.5. The molecule has 1 nitrogen and oxygen atoms in total. The lowest BCUT2D eigenvalue weighted by Crippen LogP contribution is -2.05. The van der Waals surface area contributed by atoms with Gasteiger partial charge in [0.15, 0.2) is 0 Å². The fourth-order valence-corrected chi connectivity index (χ4v) is 1.46. The number of ether oxygens (including phenoxy) is 1. The van der Waals surface area contributed by atoms with E-state index in [-0.39, 0.29) is 0 Å². The zero-order valence-electron chi connectivity index (χ0n) is 7.21. The van der Waals surface area contributed by atoms with Crippen LogP contribution >= 0.6 is 0 Å². The van der Waals surface area contributed by atoms with Gasteiger partial charge in [0.2, 0.25) is 0 Å². The molecule has 0 amide bonds. The number of para-hydroxylation sites is 1. The lowest BCUT2D eigenvalue weighted by Gasteiger charge is -2.18. The fourth-order valence-electron chi connectivity index (χ4n) is 1.46. The van der Waals surface area contributed by atoms with Crippen LogP contribution in [-0.2, 0) is 6.42 Å². The second-order valence-electron chi connectivity index (χ2n) is 2.96. The first-order chi connectivity index (χ1) is 5.90. The summed E-state index contributed by atoms with van der Waals surface area (Å²) >= 11 is 0. The second kappa shape index (κ2) is 3.02. The van der Waals surface area contributed by atoms with Gasteiger partial charge in [0.1, 0.15) is 11.5 Å². The molecule has 1 aromatic carbocycles. The minimum Gasteiger partial charge on any atom is -0.462 e. The summed E-state index contributed by atoms with van der Waals surface area (Å²) in [6.07, 6.45) is 4.18. The molecule has 1 aliphatic heterocycles. The van der Waals surface area contributed by atoms with Crippen molar-refractivity contribution in [2.45, 2.75) is 19.8 Å². The van der Waals surface area contributed by atoms with Crippen LogP contribution in [0.1, 0.15) is 18.9 Å². The standard InChI is InChI=1S/C11H12O/c1-2-10-8-7-9-5-3-4-6-11(9)12-10/h2-6H,7-8H2,1H3/b10-2-. The molecule has 2 rings (SSSR count). The summed E-state index contributed by atoms with van der Waals surface area (Å²) in [6.45, 7) is 2.02. The van der Waals surface area contributed by atoms with Gasteiger partial charge in [0.25, 0.3) is 0 Å². The summed E-state index contributed by atoms with van der Waals surface area (Å²) in [5, 5.41) is 0. The van der Waals surface area contributed by atoms with E-state index in [1.165, 1.54) is 5.56 Å². The Hall–Kier alpha value is -1.24. The molecule has 0 saturated carbocycles. The highest BCUT2D eigenvalue weighted by molar-refractivity contribution is 5.37. The number of allylic oxidation sites excluding steroid dienone is 2. The van der Waals surface area contributed by atoms with E-state index in [9.17, 15) is 0 Å². The predicted octanol–water partition coefficient (Wildman–Crippen LogP) is 2.92. The van der Waals surface area contributed by atoms with Gasteiger partial charge in [-0.25, -0.2) is 0 Å². The van der Waals surface area contributed by atoms with Crippen LogP contribution in [-0.4, -0.2) is 0 Å². The highest BCUT2D eigenvalue weighted by Crippen LogP contribution is 2.28. The lowest BCUT2D eigenvalue weighted by molar-refractivity contribution is 0.377. The van der Waals surface area contributed by atoms with E-state index in [4.69, 9.17) is 4.74 Å². The van der Waals surface area contributed by atoms with Gasteiger partial charge >= 0.3 is 0 Å². The van der Waals surface area contributed by atoms with Crippen molar-refractivity contribution in [3.8, 4) is 5.75 Å². The normalized spacial score (nSPS) is 18.6. The third-order valence-corrected chi connectivity index (χ3v) is 2.18. The van der Waals surface area contributed by atoms with E-state index < -0.39 is 0 Å². The van der Waals surface area contributed by atoms with Crippen LogP contribution in [0.2, 0.25) is 0 Å². The van der Waals surface area contributed by atoms with Gasteiger partial charge in [-0.2, -0.15) is 0 Å². The Bertz CT molecular complexity index is 313. The van der Waals surface area contributed by atoms with Gasteiger partial charge in [-0.15, -0.1) is 0 Å². The Morgan fingerprint density at radius 1 is 1.25 bits per heavy atom. The minimum absolute atomic E-state index is 1.02. The van der Waals surface area contributed by atoms with Gasteiger partial charge in [-0.1, -0.05) is 18.2 Å². The number of hydrogen-bond donors (Lipinski definition) is 0. The zero-order chi connectivity index (χ0) is 8.39. The Labute approximate surface area is 72.7 Å². The summed E-state index contributed by atoms with van der Waals surface area (Å²) in [5.74, 6) is 2.12. The molecular formula is C11H12O. The van der Waals surface area contributed by atoms with E-state index >= 15 is 0 Å². The first kappa shape index (κ1) is 7.41.